The van der Waals surface area contributed by atoms with Gasteiger partial charge in [-0.3, -0.25) is 4.79 Å². The van der Waals surface area contributed by atoms with E-state index < -0.39 is 5.92 Å². The first-order valence-corrected chi connectivity index (χ1v) is 11.2. The van der Waals surface area contributed by atoms with Gasteiger partial charge < -0.3 is 5.32 Å². The van der Waals surface area contributed by atoms with Crippen molar-refractivity contribution in [3.05, 3.63) is 34.1 Å². The molecule has 3 aliphatic carbocycles. The molecule has 4 aliphatic rings. The van der Waals surface area contributed by atoms with E-state index in [0.717, 1.165) is 49.1 Å². The minimum atomic E-state index is -2.60. The molecule has 0 aromatic heterocycles. The molecule has 1 atom stereocenters. The zero-order valence-corrected chi connectivity index (χ0v) is 17.6. The zero-order chi connectivity index (χ0) is 20.8. The third-order valence-electron chi connectivity index (χ3n) is 7.45. The molecule has 4 rings (SSSR count). The van der Waals surface area contributed by atoms with Crippen molar-refractivity contribution in [2.75, 3.05) is 0 Å². The highest BCUT2D eigenvalue weighted by Gasteiger charge is 2.47. The average molecular weight is 403 g/mol. The van der Waals surface area contributed by atoms with Gasteiger partial charge in [-0.1, -0.05) is 33.1 Å². The second-order valence-electron chi connectivity index (χ2n) is 10.4. The SMILES string of the molecule is [C-]#[N+]C1=C(C2CCCCC2)NC2=C(C(=O)CC(C)(C)C2)C1C1CCC(F)(F)CC1. The Balaban J connectivity index is 1.76. The number of carbonyl (C=O) groups excluding carboxylic acids is 1. The Morgan fingerprint density at radius 3 is 2.31 bits per heavy atom. The van der Waals surface area contributed by atoms with E-state index in [9.17, 15) is 13.6 Å². The summed E-state index contributed by atoms with van der Waals surface area (Å²) in [5.41, 5.74) is 3.26. The Morgan fingerprint density at radius 2 is 1.69 bits per heavy atom. The highest BCUT2D eigenvalue weighted by molar-refractivity contribution is 5.99. The molecular weight excluding hydrogens is 370 g/mol. The molecule has 1 aliphatic heterocycles. The molecule has 0 saturated heterocycles. The lowest BCUT2D eigenvalue weighted by atomic mass is 9.65. The molecule has 1 heterocycles. The number of dihydropyridines is 1. The van der Waals surface area contributed by atoms with Crippen LogP contribution >= 0.6 is 0 Å². The smallest absolute Gasteiger partial charge is 0.248 e. The van der Waals surface area contributed by atoms with Crippen LogP contribution in [-0.2, 0) is 4.79 Å². The Labute approximate surface area is 172 Å². The van der Waals surface area contributed by atoms with E-state index in [-0.39, 0.29) is 35.9 Å². The lowest BCUT2D eigenvalue weighted by molar-refractivity contribution is -0.119. The first-order valence-electron chi connectivity index (χ1n) is 11.2. The van der Waals surface area contributed by atoms with Gasteiger partial charge in [0.15, 0.2) is 11.5 Å². The van der Waals surface area contributed by atoms with Crippen LogP contribution in [0.2, 0.25) is 0 Å². The van der Waals surface area contributed by atoms with Crippen molar-refractivity contribution in [3.8, 4) is 0 Å². The molecule has 0 amide bonds. The number of ketones is 1. The van der Waals surface area contributed by atoms with Crippen molar-refractivity contribution in [2.45, 2.75) is 90.4 Å². The van der Waals surface area contributed by atoms with Crippen LogP contribution in [0.25, 0.3) is 4.85 Å². The van der Waals surface area contributed by atoms with Crippen molar-refractivity contribution < 1.29 is 13.6 Å². The molecule has 29 heavy (non-hydrogen) atoms. The average Bonchev–Trinajstić information content (AvgIpc) is 2.66. The number of halogens is 2. The number of nitrogens with one attached hydrogen (secondary N) is 1. The van der Waals surface area contributed by atoms with Crippen molar-refractivity contribution >= 4 is 5.78 Å². The molecule has 0 spiro atoms. The highest BCUT2D eigenvalue weighted by Crippen LogP contribution is 2.51. The van der Waals surface area contributed by atoms with Crippen molar-refractivity contribution in [1.82, 2.24) is 5.32 Å². The Bertz CT molecular complexity index is 786. The summed E-state index contributed by atoms with van der Waals surface area (Å²) in [6.45, 7) is 12.2. The first-order chi connectivity index (χ1) is 13.7. The van der Waals surface area contributed by atoms with Crippen LogP contribution < -0.4 is 5.32 Å². The topological polar surface area (TPSA) is 33.5 Å². The van der Waals surface area contributed by atoms with Crippen LogP contribution in [-0.4, -0.2) is 11.7 Å². The quantitative estimate of drug-likeness (QED) is 0.543. The van der Waals surface area contributed by atoms with Crippen LogP contribution in [0.1, 0.15) is 84.5 Å². The molecule has 5 heteroatoms. The van der Waals surface area contributed by atoms with Crippen LogP contribution in [0.5, 0.6) is 0 Å². The van der Waals surface area contributed by atoms with Crippen molar-refractivity contribution in [1.29, 1.82) is 0 Å². The molecule has 0 aromatic rings. The van der Waals surface area contributed by atoms with E-state index in [2.05, 4.69) is 24.0 Å². The molecule has 2 saturated carbocycles. The van der Waals surface area contributed by atoms with Crippen molar-refractivity contribution in [2.24, 2.45) is 23.2 Å². The summed E-state index contributed by atoms with van der Waals surface area (Å²) < 4.78 is 27.7. The Hall–Kier alpha value is -1.70. The number of hydrogen-bond donors (Lipinski definition) is 1. The molecule has 1 unspecified atom stereocenters. The third-order valence-corrected chi connectivity index (χ3v) is 7.45. The lowest BCUT2D eigenvalue weighted by Gasteiger charge is -2.44. The van der Waals surface area contributed by atoms with Crippen LogP contribution in [0.15, 0.2) is 22.7 Å². The second kappa shape index (κ2) is 7.52. The fourth-order valence-corrected chi connectivity index (χ4v) is 6.02. The molecule has 158 valence electrons. The summed E-state index contributed by atoms with van der Waals surface area (Å²) in [5, 5.41) is 3.57. The standard InChI is InChI=1S/C24H32F2N2O/c1-23(2)13-17-20(18(29)14-23)19(15-9-11-24(25,26)12-10-15)22(27-3)21(28-17)16-7-5-4-6-8-16/h15-16,19,28H,4-14H2,1-2H3. The van der Waals surface area contributed by atoms with Gasteiger partial charge in [0.25, 0.3) is 0 Å². The van der Waals surface area contributed by atoms with E-state index >= 15 is 0 Å². The maximum absolute atomic E-state index is 13.8. The molecule has 0 bridgehead atoms. The van der Waals surface area contributed by atoms with Crippen LogP contribution in [0.3, 0.4) is 0 Å². The van der Waals surface area contributed by atoms with E-state index in [1.807, 2.05) is 0 Å². The van der Waals surface area contributed by atoms with Gasteiger partial charge in [-0.15, -0.1) is 0 Å². The van der Waals surface area contributed by atoms with Gasteiger partial charge in [-0.25, -0.2) is 13.6 Å². The monoisotopic (exact) mass is 402 g/mol. The molecule has 1 N–H and O–H groups in total. The largest absolute Gasteiger partial charge is 0.372 e. The van der Waals surface area contributed by atoms with Crippen molar-refractivity contribution in [3.63, 3.8) is 0 Å². The van der Waals surface area contributed by atoms with Gasteiger partial charge in [0.1, 0.15) is 0 Å². The zero-order valence-electron chi connectivity index (χ0n) is 17.6. The number of nitrogens with zero attached hydrogens (tertiary/aromatic N) is 1. The second-order valence-corrected chi connectivity index (χ2v) is 10.4. The predicted molar refractivity (Wildman–Crippen MR) is 109 cm³/mol. The Morgan fingerprint density at radius 1 is 1.03 bits per heavy atom. The van der Waals surface area contributed by atoms with Gasteiger partial charge in [-0.05, 0) is 49.4 Å². The normalized spacial score (nSPS) is 30.6. The maximum Gasteiger partial charge on any atom is 0.248 e. The van der Waals surface area contributed by atoms with Gasteiger partial charge >= 0.3 is 0 Å². The molecule has 2 fully saturated rings. The fourth-order valence-electron chi connectivity index (χ4n) is 6.02. The number of rotatable bonds is 2. The summed E-state index contributed by atoms with van der Waals surface area (Å²) >= 11 is 0. The van der Waals surface area contributed by atoms with Gasteiger partial charge in [0.2, 0.25) is 5.92 Å². The molecular formula is C24H32F2N2O. The number of alkyl halides is 2. The summed E-state index contributed by atoms with van der Waals surface area (Å²) in [6.07, 6.45) is 7.47. The Kier molecular flexibility index (Phi) is 5.34. The van der Waals surface area contributed by atoms with E-state index in [4.69, 9.17) is 6.57 Å². The maximum atomic E-state index is 13.8. The predicted octanol–water partition coefficient (Wildman–Crippen LogP) is 6.39. The number of carbonyl (C=O) groups is 1. The van der Waals surface area contributed by atoms with Gasteiger partial charge in [0.05, 0.1) is 6.57 Å². The minimum Gasteiger partial charge on any atom is -0.372 e. The highest BCUT2D eigenvalue weighted by atomic mass is 19.3. The first kappa shape index (κ1) is 20.6. The minimum absolute atomic E-state index is 0.0328. The number of Topliss-reactive ketones (excluding diaryl/α,β-unsaturated/α-hetero) is 1. The summed E-state index contributed by atoms with van der Waals surface area (Å²) in [4.78, 5) is 17.1. The molecule has 3 nitrogen and oxygen atoms in total. The fraction of sp³-hybridized carbons (Fsp3) is 0.750. The summed E-state index contributed by atoms with van der Waals surface area (Å²) in [5.74, 6) is -2.49. The third kappa shape index (κ3) is 4.00. The summed E-state index contributed by atoms with van der Waals surface area (Å²) in [7, 11) is 0. The number of hydrogen-bond acceptors (Lipinski definition) is 2. The molecule has 0 radical (unpaired) electrons. The van der Waals surface area contributed by atoms with Crippen LogP contribution in [0, 0.1) is 29.7 Å². The number of allylic oxidation sites excluding steroid dienone is 3. The van der Waals surface area contributed by atoms with Gasteiger partial charge in [0, 0.05) is 42.1 Å². The molecule has 0 aromatic carbocycles. The van der Waals surface area contributed by atoms with E-state index in [1.165, 1.54) is 6.42 Å². The van der Waals surface area contributed by atoms with Crippen LogP contribution in [0.4, 0.5) is 8.78 Å². The van der Waals surface area contributed by atoms with E-state index in [0.29, 0.717) is 30.9 Å². The van der Waals surface area contributed by atoms with Gasteiger partial charge in [-0.2, -0.15) is 0 Å². The van der Waals surface area contributed by atoms with E-state index in [1.54, 1.807) is 0 Å². The summed E-state index contributed by atoms with van der Waals surface area (Å²) in [6, 6.07) is 0. The lowest BCUT2D eigenvalue weighted by Crippen LogP contribution is -2.42.